The van der Waals surface area contributed by atoms with Crippen LogP contribution in [0, 0.1) is 26.7 Å². The van der Waals surface area contributed by atoms with Gasteiger partial charge in [0, 0.05) is 19.0 Å². The molecule has 3 unspecified atom stereocenters. The van der Waals surface area contributed by atoms with Crippen molar-refractivity contribution in [2.24, 2.45) is 5.92 Å². The number of ether oxygens (including phenoxy) is 1. The average molecular weight is 403 g/mol. The second-order valence-electron chi connectivity index (χ2n) is 8.96. The number of hydrogen-bond acceptors (Lipinski definition) is 3. The van der Waals surface area contributed by atoms with Crippen molar-refractivity contribution in [1.29, 1.82) is 0 Å². The molecule has 5 rings (SSSR count). The Balaban J connectivity index is 1.59. The van der Waals surface area contributed by atoms with E-state index in [0.717, 1.165) is 17.7 Å². The molecule has 1 saturated heterocycles. The summed E-state index contributed by atoms with van der Waals surface area (Å²) in [6, 6.07) is 11.0. The minimum absolute atomic E-state index is 0.110. The van der Waals surface area contributed by atoms with Gasteiger partial charge in [0.05, 0.1) is 30.5 Å². The van der Waals surface area contributed by atoms with Gasteiger partial charge in [0.15, 0.2) is 0 Å². The highest BCUT2D eigenvalue weighted by atomic mass is 16.5. The van der Waals surface area contributed by atoms with Crippen molar-refractivity contribution in [3.63, 3.8) is 0 Å². The largest absolute Gasteiger partial charge is 0.378 e. The second-order valence-corrected chi connectivity index (χ2v) is 8.96. The SMILES string of the molecule is Cc1cc(C)c(C2Nc3c(C(=O)N4CCOCC4)cccc3C3C=CCC32)c(C)c1. The minimum atomic E-state index is 0.110. The summed E-state index contributed by atoms with van der Waals surface area (Å²) in [5.41, 5.74) is 8.42. The maximum absolute atomic E-state index is 13.4. The molecule has 0 aromatic heterocycles. The van der Waals surface area contributed by atoms with Crippen LogP contribution in [-0.2, 0) is 4.74 Å². The highest BCUT2D eigenvalue weighted by Crippen LogP contribution is 2.51. The van der Waals surface area contributed by atoms with Gasteiger partial charge in [-0.15, -0.1) is 0 Å². The molecule has 1 aliphatic carbocycles. The Kier molecular flexibility index (Phi) is 4.90. The molecular formula is C26H30N2O2. The van der Waals surface area contributed by atoms with E-state index < -0.39 is 0 Å². The molecule has 156 valence electrons. The summed E-state index contributed by atoms with van der Waals surface area (Å²) in [6.07, 6.45) is 5.73. The summed E-state index contributed by atoms with van der Waals surface area (Å²) >= 11 is 0. The van der Waals surface area contributed by atoms with Crippen molar-refractivity contribution >= 4 is 11.6 Å². The van der Waals surface area contributed by atoms with E-state index in [2.05, 4.69) is 56.4 Å². The third kappa shape index (κ3) is 3.14. The molecule has 4 heteroatoms. The van der Waals surface area contributed by atoms with Gasteiger partial charge in [0.25, 0.3) is 5.91 Å². The molecule has 3 atom stereocenters. The Morgan fingerprint density at radius 3 is 2.57 bits per heavy atom. The number of hydrogen-bond donors (Lipinski definition) is 1. The smallest absolute Gasteiger partial charge is 0.256 e. The molecule has 1 amide bonds. The van der Waals surface area contributed by atoms with Crippen molar-refractivity contribution in [3.8, 4) is 0 Å². The molecule has 3 aliphatic rings. The van der Waals surface area contributed by atoms with Crippen LogP contribution in [-0.4, -0.2) is 37.1 Å². The molecule has 1 N–H and O–H groups in total. The summed E-state index contributed by atoms with van der Waals surface area (Å²) in [6.45, 7) is 9.15. The number of rotatable bonds is 2. The van der Waals surface area contributed by atoms with Crippen LogP contribution in [0.4, 0.5) is 5.69 Å². The molecule has 30 heavy (non-hydrogen) atoms. The van der Waals surface area contributed by atoms with Gasteiger partial charge in [-0.05, 0) is 61.4 Å². The first-order valence-corrected chi connectivity index (χ1v) is 11.1. The second kappa shape index (κ2) is 7.59. The summed E-state index contributed by atoms with van der Waals surface area (Å²) < 4.78 is 5.45. The minimum Gasteiger partial charge on any atom is -0.378 e. The topological polar surface area (TPSA) is 41.6 Å². The zero-order valence-electron chi connectivity index (χ0n) is 18.1. The van der Waals surface area contributed by atoms with Crippen molar-refractivity contribution in [3.05, 3.63) is 75.9 Å². The Labute approximate surface area is 178 Å². The monoisotopic (exact) mass is 402 g/mol. The van der Waals surface area contributed by atoms with Crippen LogP contribution in [0.15, 0.2) is 42.5 Å². The lowest BCUT2D eigenvalue weighted by molar-refractivity contribution is 0.0303. The normalized spacial score (nSPS) is 24.9. The van der Waals surface area contributed by atoms with Gasteiger partial charge >= 0.3 is 0 Å². The van der Waals surface area contributed by atoms with Crippen LogP contribution in [0.3, 0.4) is 0 Å². The number of nitrogens with one attached hydrogen (secondary N) is 1. The number of carbonyl (C=O) groups excluding carboxylic acids is 1. The van der Waals surface area contributed by atoms with Crippen LogP contribution in [0.25, 0.3) is 0 Å². The van der Waals surface area contributed by atoms with Gasteiger partial charge in [-0.25, -0.2) is 0 Å². The first-order chi connectivity index (χ1) is 14.5. The number of nitrogens with zero attached hydrogens (tertiary/aromatic N) is 1. The molecule has 4 nitrogen and oxygen atoms in total. The number of benzene rings is 2. The first kappa shape index (κ1) is 19.4. The van der Waals surface area contributed by atoms with Crippen molar-refractivity contribution in [2.45, 2.75) is 39.2 Å². The van der Waals surface area contributed by atoms with Gasteiger partial charge in [-0.1, -0.05) is 42.0 Å². The number of allylic oxidation sites excluding steroid dienone is 2. The van der Waals surface area contributed by atoms with Crippen LogP contribution in [0.5, 0.6) is 0 Å². The number of para-hydroxylation sites is 1. The number of carbonyl (C=O) groups is 1. The first-order valence-electron chi connectivity index (χ1n) is 11.1. The standard InChI is InChI=1S/C26H30N2O2/c1-16-14-17(2)23(18(3)15-16)25-21-8-4-6-19(21)20-7-5-9-22(24(20)27-25)26(29)28-10-12-30-13-11-28/h4-7,9,14-15,19,21,25,27H,8,10-13H2,1-3H3. The number of aryl methyl sites for hydroxylation is 3. The van der Waals surface area contributed by atoms with Gasteiger partial charge in [0.2, 0.25) is 0 Å². The lowest BCUT2D eigenvalue weighted by Crippen LogP contribution is -2.41. The number of anilines is 1. The summed E-state index contributed by atoms with van der Waals surface area (Å²) in [5, 5.41) is 3.86. The van der Waals surface area contributed by atoms with E-state index in [1.54, 1.807) is 0 Å². The maximum Gasteiger partial charge on any atom is 0.256 e. The summed E-state index contributed by atoms with van der Waals surface area (Å²) in [7, 11) is 0. The lowest BCUT2D eigenvalue weighted by atomic mass is 9.74. The number of fused-ring (bicyclic) bond motifs is 3. The third-order valence-electron chi connectivity index (χ3n) is 6.97. The predicted molar refractivity (Wildman–Crippen MR) is 120 cm³/mol. The average Bonchev–Trinajstić information content (AvgIpc) is 3.23. The van der Waals surface area contributed by atoms with E-state index in [9.17, 15) is 4.79 Å². The fourth-order valence-corrected chi connectivity index (χ4v) is 5.70. The molecule has 0 spiro atoms. The maximum atomic E-state index is 13.4. The Morgan fingerprint density at radius 2 is 1.83 bits per heavy atom. The van der Waals surface area contributed by atoms with Crippen LogP contribution in [0.1, 0.15) is 56.6 Å². The molecule has 1 fully saturated rings. The van der Waals surface area contributed by atoms with Gasteiger partial charge in [-0.2, -0.15) is 0 Å². The van der Waals surface area contributed by atoms with E-state index >= 15 is 0 Å². The van der Waals surface area contributed by atoms with Crippen molar-refractivity contribution in [1.82, 2.24) is 4.90 Å². The van der Waals surface area contributed by atoms with E-state index in [1.165, 1.54) is 27.8 Å². The fraction of sp³-hybridized carbons (Fsp3) is 0.423. The Bertz CT molecular complexity index is 997. The van der Waals surface area contributed by atoms with Gasteiger partial charge in [-0.3, -0.25) is 4.79 Å². The molecule has 2 aliphatic heterocycles. The van der Waals surface area contributed by atoms with Crippen molar-refractivity contribution < 1.29 is 9.53 Å². The predicted octanol–water partition coefficient (Wildman–Crippen LogP) is 4.91. The van der Waals surface area contributed by atoms with E-state index in [4.69, 9.17) is 4.74 Å². The molecule has 2 aromatic rings. The third-order valence-corrected chi connectivity index (χ3v) is 6.97. The zero-order chi connectivity index (χ0) is 20.8. The molecule has 0 bridgehead atoms. The van der Waals surface area contributed by atoms with Gasteiger partial charge in [0.1, 0.15) is 0 Å². The highest BCUT2D eigenvalue weighted by Gasteiger charge is 2.40. The lowest BCUT2D eigenvalue weighted by Gasteiger charge is -2.40. The van der Waals surface area contributed by atoms with E-state index in [0.29, 0.717) is 38.1 Å². The summed E-state index contributed by atoms with van der Waals surface area (Å²) in [5.74, 6) is 0.939. The Morgan fingerprint density at radius 1 is 1.10 bits per heavy atom. The molecule has 2 aromatic carbocycles. The fourth-order valence-electron chi connectivity index (χ4n) is 5.70. The van der Waals surface area contributed by atoms with Gasteiger partial charge < -0.3 is 15.0 Å². The van der Waals surface area contributed by atoms with Crippen molar-refractivity contribution in [2.75, 3.05) is 31.6 Å². The van der Waals surface area contributed by atoms with E-state index in [-0.39, 0.29) is 11.9 Å². The quantitative estimate of drug-likeness (QED) is 0.726. The highest BCUT2D eigenvalue weighted by molar-refractivity contribution is 6.01. The number of morpholine rings is 1. The molecule has 0 radical (unpaired) electrons. The summed E-state index contributed by atoms with van der Waals surface area (Å²) in [4.78, 5) is 15.3. The van der Waals surface area contributed by atoms with E-state index in [1.807, 2.05) is 17.0 Å². The van der Waals surface area contributed by atoms with Crippen LogP contribution < -0.4 is 5.32 Å². The molecular weight excluding hydrogens is 372 g/mol. The number of amides is 1. The molecule has 0 saturated carbocycles. The molecule has 2 heterocycles. The van der Waals surface area contributed by atoms with Crippen LogP contribution >= 0.6 is 0 Å². The Hall–Kier alpha value is -2.59. The van der Waals surface area contributed by atoms with Crippen LogP contribution in [0.2, 0.25) is 0 Å². The zero-order valence-corrected chi connectivity index (χ0v) is 18.1.